The predicted octanol–water partition coefficient (Wildman–Crippen LogP) is 5.55. The molecule has 0 radical (unpaired) electrons. The van der Waals surface area contributed by atoms with Crippen molar-refractivity contribution < 1.29 is 14.3 Å². The lowest BCUT2D eigenvalue weighted by Crippen LogP contribution is -2.14. The molecule has 1 atom stereocenters. The van der Waals surface area contributed by atoms with Crippen LogP contribution < -0.4 is 4.74 Å². The number of rotatable bonds is 4. The fourth-order valence-corrected chi connectivity index (χ4v) is 5.13. The first kappa shape index (κ1) is 20.0. The van der Waals surface area contributed by atoms with Crippen LogP contribution in [0.3, 0.4) is 0 Å². The second kappa shape index (κ2) is 7.85. The van der Waals surface area contributed by atoms with Crippen LogP contribution in [0.15, 0.2) is 88.8 Å². The van der Waals surface area contributed by atoms with Gasteiger partial charge in [-0.05, 0) is 23.8 Å². The van der Waals surface area contributed by atoms with E-state index in [1.54, 1.807) is 23.0 Å². The number of fused-ring (bicyclic) bond motifs is 5. The molecule has 3 aromatic heterocycles. The summed E-state index contributed by atoms with van der Waals surface area (Å²) in [4.78, 5) is 13.9. The maximum atomic E-state index is 10.0. The molecule has 4 heterocycles. The average molecular weight is 480 g/mol. The second-order valence-electron chi connectivity index (χ2n) is 8.16. The van der Waals surface area contributed by atoms with Gasteiger partial charge in [0.1, 0.15) is 23.3 Å². The molecule has 0 aliphatic carbocycles. The molecule has 6 aromatic rings. The second-order valence-corrected chi connectivity index (χ2v) is 9.09. The predicted molar refractivity (Wildman–Crippen MR) is 130 cm³/mol. The van der Waals surface area contributed by atoms with Gasteiger partial charge >= 0.3 is 0 Å². The van der Waals surface area contributed by atoms with Crippen molar-refractivity contribution in [2.75, 3.05) is 0 Å². The van der Waals surface area contributed by atoms with Gasteiger partial charge in [-0.3, -0.25) is 0 Å². The molecule has 8 nitrogen and oxygen atoms in total. The first-order valence-corrected chi connectivity index (χ1v) is 12.0. The van der Waals surface area contributed by atoms with Gasteiger partial charge in [-0.2, -0.15) is 0 Å². The molecule has 1 aliphatic rings. The van der Waals surface area contributed by atoms with Gasteiger partial charge in [0, 0.05) is 17.5 Å². The Morgan fingerprint density at radius 1 is 0.971 bits per heavy atom. The van der Waals surface area contributed by atoms with Gasteiger partial charge in [0.15, 0.2) is 17.1 Å². The van der Waals surface area contributed by atoms with Crippen molar-refractivity contribution in [1.82, 2.24) is 24.6 Å². The van der Waals surface area contributed by atoms with Crippen molar-refractivity contribution in [3.05, 3.63) is 102 Å². The van der Waals surface area contributed by atoms with Crippen LogP contribution >= 0.6 is 11.8 Å². The number of phenols is 1. The first-order valence-electron chi connectivity index (χ1n) is 11.0. The highest BCUT2D eigenvalue weighted by molar-refractivity contribution is 7.98. The van der Waals surface area contributed by atoms with E-state index in [2.05, 4.69) is 27.2 Å². The van der Waals surface area contributed by atoms with E-state index < -0.39 is 0 Å². The van der Waals surface area contributed by atoms with Gasteiger partial charge < -0.3 is 14.3 Å². The Labute approximate surface area is 203 Å². The summed E-state index contributed by atoms with van der Waals surface area (Å²) in [5, 5.41) is 15.2. The smallest absolute Gasteiger partial charge is 0.257 e. The van der Waals surface area contributed by atoms with E-state index in [1.165, 1.54) is 11.8 Å². The van der Waals surface area contributed by atoms with Crippen LogP contribution in [0.5, 0.6) is 17.4 Å². The Hall–Kier alpha value is -4.37. The van der Waals surface area contributed by atoms with Crippen molar-refractivity contribution in [1.29, 1.82) is 0 Å². The molecule has 3 aromatic carbocycles. The highest BCUT2D eigenvalue weighted by atomic mass is 32.2. The third-order valence-electron chi connectivity index (χ3n) is 5.97. The van der Waals surface area contributed by atoms with E-state index in [4.69, 9.17) is 14.1 Å². The first-order chi connectivity index (χ1) is 17.2. The summed E-state index contributed by atoms with van der Waals surface area (Å²) in [6.45, 7) is 0. The lowest BCUT2D eigenvalue weighted by atomic mass is 9.84. The number of thioether (sulfide) groups is 1. The molecule has 1 aliphatic heterocycles. The lowest BCUT2D eigenvalue weighted by molar-refractivity contribution is 0.422. The van der Waals surface area contributed by atoms with E-state index in [1.807, 2.05) is 48.5 Å². The van der Waals surface area contributed by atoms with Gasteiger partial charge in [-0.25, -0.2) is 19.5 Å². The summed E-state index contributed by atoms with van der Waals surface area (Å²) < 4.78 is 13.6. The number of ether oxygens (including phenoxy) is 1. The van der Waals surface area contributed by atoms with Crippen LogP contribution in [0.1, 0.15) is 28.4 Å². The molecule has 0 bridgehead atoms. The number of hydrogen-bond donors (Lipinski definition) is 1. The molecule has 0 saturated carbocycles. The summed E-state index contributed by atoms with van der Waals surface area (Å²) in [6.07, 6.45) is 1.60. The minimum atomic E-state index is -0.173. The topological polar surface area (TPSA) is 98.6 Å². The van der Waals surface area contributed by atoms with E-state index in [0.29, 0.717) is 34.1 Å². The maximum absolute atomic E-state index is 10.0. The minimum Gasteiger partial charge on any atom is -0.508 e. The minimum absolute atomic E-state index is 0.140. The van der Waals surface area contributed by atoms with Crippen LogP contribution in [0.25, 0.3) is 16.7 Å². The van der Waals surface area contributed by atoms with Crippen LogP contribution in [0, 0.1) is 0 Å². The highest BCUT2D eigenvalue weighted by Crippen LogP contribution is 2.48. The number of hydrogen-bond acceptors (Lipinski definition) is 8. The van der Waals surface area contributed by atoms with E-state index >= 15 is 0 Å². The summed E-state index contributed by atoms with van der Waals surface area (Å²) in [6, 6.07) is 23.0. The Bertz CT molecular complexity index is 1680. The third kappa shape index (κ3) is 3.39. The number of nitrogens with zero attached hydrogens (tertiary/aromatic N) is 5. The van der Waals surface area contributed by atoms with E-state index in [-0.39, 0.29) is 11.7 Å². The van der Waals surface area contributed by atoms with Crippen molar-refractivity contribution in [2.45, 2.75) is 16.9 Å². The van der Waals surface area contributed by atoms with Crippen molar-refractivity contribution in [3.63, 3.8) is 0 Å². The monoisotopic (exact) mass is 479 g/mol. The Kier molecular flexibility index (Phi) is 4.49. The fourth-order valence-electron chi connectivity index (χ4n) is 4.44. The summed E-state index contributed by atoms with van der Waals surface area (Å²) in [5.74, 6) is 2.12. The molecule has 0 unspecified atom stereocenters. The number of benzene rings is 3. The molecular weight excluding hydrogens is 462 g/mol. The summed E-state index contributed by atoms with van der Waals surface area (Å²) >= 11 is 1.44. The summed E-state index contributed by atoms with van der Waals surface area (Å²) in [5.41, 5.74) is 5.09. The molecule has 7 rings (SSSR count). The zero-order valence-corrected chi connectivity index (χ0v) is 19.0. The number of oxazole rings is 1. The number of para-hydroxylation sites is 2. The fraction of sp³-hybridized carbons (Fsp3) is 0.0769. The number of phenolic OH excluding ortho intramolecular Hbond substituents is 1. The van der Waals surface area contributed by atoms with E-state index in [9.17, 15) is 5.11 Å². The van der Waals surface area contributed by atoms with E-state index in [0.717, 1.165) is 27.8 Å². The van der Waals surface area contributed by atoms with Gasteiger partial charge in [0.2, 0.25) is 5.88 Å². The SMILES string of the molecule is Oc1ccc2c(c1)Oc1ncn3nc(CSc4nc5ccccc5o4)nc3c1[C@H]2c1ccccc1. The molecule has 170 valence electrons. The van der Waals surface area contributed by atoms with Gasteiger partial charge in [-0.15, -0.1) is 5.10 Å². The van der Waals surface area contributed by atoms with Crippen molar-refractivity contribution >= 4 is 28.5 Å². The lowest BCUT2D eigenvalue weighted by Gasteiger charge is -2.27. The Balaban J connectivity index is 1.30. The Morgan fingerprint density at radius 2 is 1.83 bits per heavy atom. The molecule has 0 fully saturated rings. The van der Waals surface area contributed by atoms with Crippen LogP contribution in [-0.2, 0) is 5.75 Å². The van der Waals surface area contributed by atoms with Gasteiger partial charge in [0.25, 0.3) is 5.22 Å². The largest absolute Gasteiger partial charge is 0.508 e. The van der Waals surface area contributed by atoms with Crippen LogP contribution in [-0.4, -0.2) is 29.7 Å². The zero-order valence-electron chi connectivity index (χ0n) is 18.2. The molecule has 0 spiro atoms. The molecule has 1 N–H and O–H groups in total. The van der Waals surface area contributed by atoms with Crippen LogP contribution in [0.4, 0.5) is 0 Å². The highest BCUT2D eigenvalue weighted by Gasteiger charge is 2.33. The van der Waals surface area contributed by atoms with Crippen LogP contribution in [0.2, 0.25) is 0 Å². The van der Waals surface area contributed by atoms with Gasteiger partial charge in [0.05, 0.1) is 11.3 Å². The molecule has 0 amide bonds. The molecule has 35 heavy (non-hydrogen) atoms. The van der Waals surface area contributed by atoms with Crippen molar-refractivity contribution in [2.24, 2.45) is 0 Å². The maximum Gasteiger partial charge on any atom is 0.257 e. The molecule has 0 saturated heterocycles. The number of aromatic hydroxyl groups is 1. The van der Waals surface area contributed by atoms with Crippen molar-refractivity contribution in [3.8, 4) is 17.4 Å². The quantitative estimate of drug-likeness (QED) is 0.328. The Morgan fingerprint density at radius 3 is 2.71 bits per heavy atom. The summed E-state index contributed by atoms with van der Waals surface area (Å²) in [7, 11) is 0. The third-order valence-corrected chi connectivity index (χ3v) is 6.79. The average Bonchev–Trinajstić information content (AvgIpc) is 3.50. The molecular formula is C26H17N5O3S. The zero-order chi connectivity index (χ0) is 23.4. The number of aromatic nitrogens is 5. The standard InChI is InChI=1S/C26H17N5O3S/c32-16-10-11-17-20(12-16)33-25-23(22(17)15-6-2-1-3-7-15)24-29-21(30-31(24)14-27-25)13-35-26-28-18-8-4-5-9-19(18)34-26/h1-12,14,22,32H,13H2/t22-/m0/s1. The molecule has 9 heteroatoms. The normalized spacial score (nSPS) is 14.6. The van der Waals surface area contributed by atoms with Gasteiger partial charge in [-0.1, -0.05) is 60.3 Å².